The van der Waals surface area contributed by atoms with Gasteiger partial charge in [-0.3, -0.25) is 9.69 Å². The van der Waals surface area contributed by atoms with Crippen molar-refractivity contribution in [3.05, 3.63) is 65.5 Å². The second-order valence-electron chi connectivity index (χ2n) is 9.92. The van der Waals surface area contributed by atoms with E-state index in [1.54, 1.807) is 12.1 Å². The van der Waals surface area contributed by atoms with E-state index in [0.29, 0.717) is 6.54 Å². The number of halogens is 1. The molecule has 2 aromatic rings. The smallest absolute Gasteiger partial charge is 0.225 e. The highest BCUT2D eigenvalue weighted by Gasteiger charge is 2.36. The first-order chi connectivity index (χ1) is 15.2. The Morgan fingerprint density at radius 2 is 1.75 bits per heavy atom. The molecule has 0 aromatic heterocycles. The van der Waals surface area contributed by atoms with Crippen LogP contribution in [0.5, 0.6) is 0 Å². The molecular formula is C27H38FN3O. The average molecular weight is 440 g/mol. The van der Waals surface area contributed by atoms with Crippen molar-refractivity contribution in [3.63, 3.8) is 0 Å². The standard InChI is InChI=1S/C27H38FN3O/c1-19(2)27(32)31(20(3)4)17-23-16-30(15-21-10-12-25(13-11-21)29(5)6)18-26(23)22-8-7-9-24(28)14-22/h7-14,19-20,23,26H,15-18H2,1-6H3. The highest BCUT2D eigenvalue weighted by molar-refractivity contribution is 5.78. The van der Waals surface area contributed by atoms with Crippen LogP contribution in [-0.4, -0.2) is 55.5 Å². The summed E-state index contributed by atoms with van der Waals surface area (Å²) in [5.41, 5.74) is 3.49. The summed E-state index contributed by atoms with van der Waals surface area (Å²) in [5, 5.41) is 0. The zero-order valence-electron chi connectivity index (χ0n) is 20.4. The molecule has 1 amide bonds. The molecule has 0 bridgehead atoms. The van der Waals surface area contributed by atoms with Crippen LogP contribution in [0.1, 0.15) is 44.7 Å². The molecule has 0 aliphatic carbocycles. The van der Waals surface area contributed by atoms with Gasteiger partial charge in [0.15, 0.2) is 0 Å². The maximum atomic E-state index is 14.0. The molecule has 5 heteroatoms. The molecule has 0 N–H and O–H groups in total. The molecule has 1 fully saturated rings. The number of anilines is 1. The number of hydrogen-bond donors (Lipinski definition) is 0. The molecule has 1 saturated heterocycles. The van der Waals surface area contributed by atoms with Crippen LogP contribution in [0.2, 0.25) is 0 Å². The summed E-state index contributed by atoms with van der Waals surface area (Å²) in [6, 6.07) is 15.8. The van der Waals surface area contributed by atoms with Gasteiger partial charge < -0.3 is 9.80 Å². The lowest BCUT2D eigenvalue weighted by molar-refractivity contribution is -0.136. The summed E-state index contributed by atoms with van der Waals surface area (Å²) in [6.45, 7) is 11.4. The number of carbonyl (C=O) groups excluding carboxylic acids is 1. The number of likely N-dealkylation sites (tertiary alicyclic amines) is 1. The number of hydrogen-bond acceptors (Lipinski definition) is 3. The third-order valence-electron chi connectivity index (χ3n) is 6.48. The first-order valence-corrected chi connectivity index (χ1v) is 11.7. The van der Waals surface area contributed by atoms with Crippen LogP contribution in [0.4, 0.5) is 10.1 Å². The lowest BCUT2D eigenvalue weighted by Crippen LogP contribution is -2.43. The lowest BCUT2D eigenvalue weighted by Gasteiger charge is -2.33. The van der Waals surface area contributed by atoms with Crippen molar-refractivity contribution >= 4 is 11.6 Å². The van der Waals surface area contributed by atoms with E-state index in [9.17, 15) is 9.18 Å². The third kappa shape index (κ3) is 5.89. The van der Waals surface area contributed by atoms with Crippen molar-refractivity contribution in [2.45, 2.75) is 46.2 Å². The summed E-state index contributed by atoms with van der Waals surface area (Å²) in [7, 11) is 4.09. The fourth-order valence-corrected chi connectivity index (χ4v) is 4.69. The van der Waals surface area contributed by atoms with E-state index in [-0.39, 0.29) is 35.5 Å². The van der Waals surface area contributed by atoms with E-state index in [1.165, 1.54) is 17.3 Å². The van der Waals surface area contributed by atoms with Crippen molar-refractivity contribution in [2.75, 3.05) is 38.6 Å². The highest BCUT2D eigenvalue weighted by atomic mass is 19.1. The fraction of sp³-hybridized carbons (Fsp3) is 0.519. The maximum Gasteiger partial charge on any atom is 0.225 e. The number of amides is 1. The number of carbonyl (C=O) groups is 1. The van der Waals surface area contributed by atoms with Gasteiger partial charge in [-0.1, -0.05) is 38.1 Å². The van der Waals surface area contributed by atoms with Crippen LogP contribution in [-0.2, 0) is 11.3 Å². The second-order valence-corrected chi connectivity index (χ2v) is 9.92. The molecule has 2 atom stereocenters. The van der Waals surface area contributed by atoms with Gasteiger partial charge in [0.1, 0.15) is 5.82 Å². The van der Waals surface area contributed by atoms with E-state index in [4.69, 9.17) is 0 Å². The number of rotatable bonds is 8. The molecule has 0 radical (unpaired) electrons. The lowest BCUT2D eigenvalue weighted by atomic mass is 9.88. The van der Waals surface area contributed by atoms with Crippen molar-refractivity contribution < 1.29 is 9.18 Å². The molecule has 2 unspecified atom stereocenters. The average Bonchev–Trinajstić information content (AvgIpc) is 3.14. The normalized spacial score (nSPS) is 19.0. The van der Waals surface area contributed by atoms with Crippen LogP contribution in [0, 0.1) is 17.7 Å². The summed E-state index contributed by atoms with van der Waals surface area (Å²) < 4.78 is 14.0. The van der Waals surface area contributed by atoms with Gasteiger partial charge in [0.2, 0.25) is 5.91 Å². The molecule has 1 heterocycles. The molecule has 0 saturated carbocycles. The highest BCUT2D eigenvalue weighted by Crippen LogP contribution is 2.35. The minimum absolute atomic E-state index is 0.0299. The van der Waals surface area contributed by atoms with Crippen molar-refractivity contribution in [3.8, 4) is 0 Å². The minimum atomic E-state index is -0.196. The predicted octanol–water partition coefficient (Wildman–Crippen LogP) is 5.00. The van der Waals surface area contributed by atoms with Crippen LogP contribution in [0.3, 0.4) is 0 Å². The summed E-state index contributed by atoms with van der Waals surface area (Å²) in [4.78, 5) is 19.4. The van der Waals surface area contributed by atoms with Crippen molar-refractivity contribution in [1.29, 1.82) is 0 Å². The van der Waals surface area contributed by atoms with Crippen LogP contribution in [0.25, 0.3) is 0 Å². The number of benzene rings is 2. The van der Waals surface area contributed by atoms with Gasteiger partial charge in [-0.25, -0.2) is 4.39 Å². The van der Waals surface area contributed by atoms with Gasteiger partial charge >= 0.3 is 0 Å². The molecular weight excluding hydrogens is 401 g/mol. The molecule has 2 aromatic carbocycles. The monoisotopic (exact) mass is 439 g/mol. The zero-order chi connectivity index (χ0) is 23.4. The summed E-state index contributed by atoms with van der Waals surface area (Å²) in [6.07, 6.45) is 0. The number of nitrogens with zero attached hydrogens (tertiary/aromatic N) is 3. The molecule has 3 rings (SSSR count). The second kappa shape index (κ2) is 10.5. The van der Waals surface area contributed by atoms with E-state index in [1.807, 2.05) is 38.9 Å². The van der Waals surface area contributed by atoms with Gasteiger partial charge in [-0.2, -0.15) is 0 Å². The van der Waals surface area contributed by atoms with Crippen LogP contribution < -0.4 is 4.90 Å². The van der Waals surface area contributed by atoms with E-state index in [0.717, 1.165) is 25.2 Å². The molecule has 1 aliphatic heterocycles. The maximum absolute atomic E-state index is 14.0. The van der Waals surface area contributed by atoms with Gasteiger partial charge in [0, 0.05) is 63.8 Å². The quantitative estimate of drug-likeness (QED) is 0.579. The summed E-state index contributed by atoms with van der Waals surface area (Å²) in [5.74, 6) is 0.433. The Hall–Kier alpha value is -2.40. The molecule has 1 aliphatic rings. The van der Waals surface area contributed by atoms with Crippen molar-refractivity contribution in [2.24, 2.45) is 11.8 Å². The predicted molar refractivity (Wildman–Crippen MR) is 130 cm³/mol. The van der Waals surface area contributed by atoms with Crippen LogP contribution in [0.15, 0.2) is 48.5 Å². The van der Waals surface area contributed by atoms with Gasteiger partial charge in [0.25, 0.3) is 0 Å². The molecule has 174 valence electrons. The van der Waals surface area contributed by atoms with E-state index < -0.39 is 0 Å². The zero-order valence-corrected chi connectivity index (χ0v) is 20.4. The Labute approximate surface area is 193 Å². The Balaban J connectivity index is 1.81. The van der Waals surface area contributed by atoms with Gasteiger partial charge in [-0.15, -0.1) is 0 Å². The Morgan fingerprint density at radius 1 is 1.06 bits per heavy atom. The Kier molecular flexibility index (Phi) is 7.94. The Morgan fingerprint density at radius 3 is 2.31 bits per heavy atom. The Bertz CT molecular complexity index is 894. The van der Waals surface area contributed by atoms with E-state index >= 15 is 0 Å². The summed E-state index contributed by atoms with van der Waals surface area (Å²) >= 11 is 0. The van der Waals surface area contributed by atoms with Crippen LogP contribution >= 0.6 is 0 Å². The topological polar surface area (TPSA) is 26.8 Å². The first-order valence-electron chi connectivity index (χ1n) is 11.7. The van der Waals surface area contributed by atoms with Gasteiger partial charge in [0.05, 0.1) is 0 Å². The van der Waals surface area contributed by atoms with Gasteiger partial charge in [-0.05, 0) is 55.2 Å². The molecule has 0 spiro atoms. The third-order valence-corrected chi connectivity index (χ3v) is 6.48. The first kappa shape index (κ1) is 24.2. The minimum Gasteiger partial charge on any atom is -0.378 e. The fourth-order valence-electron chi connectivity index (χ4n) is 4.69. The largest absolute Gasteiger partial charge is 0.378 e. The SMILES string of the molecule is CC(C)C(=O)N(CC1CN(Cc2ccc(N(C)C)cc2)CC1c1cccc(F)c1)C(C)C. The van der Waals surface area contributed by atoms with Crippen molar-refractivity contribution in [1.82, 2.24) is 9.80 Å². The molecule has 32 heavy (non-hydrogen) atoms. The molecule has 4 nitrogen and oxygen atoms in total. The van der Waals surface area contributed by atoms with E-state index in [2.05, 4.69) is 47.9 Å².